The third-order valence-corrected chi connectivity index (χ3v) is 4.16. The molecule has 1 saturated heterocycles. The van der Waals surface area contributed by atoms with Gasteiger partial charge >= 0.3 is 0 Å². The van der Waals surface area contributed by atoms with E-state index in [4.69, 9.17) is 9.15 Å². The highest BCUT2D eigenvalue weighted by Gasteiger charge is 2.23. The zero-order chi connectivity index (χ0) is 18.8. The van der Waals surface area contributed by atoms with Gasteiger partial charge in [-0.25, -0.2) is 0 Å². The van der Waals surface area contributed by atoms with Crippen LogP contribution in [0.3, 0.4) is 0 Å². The van der Waals surface area contributed by atoms with Gasteiger partial charge in [-0.3, -0.25) is 0 Å². The molecule has 0 radical (unpaired) electrons. The molecule has 3 rings (SSSR count). The first kappa shape index (κ1) is 21.2. The second-order valence-corrected chi connectivity index (χ2v) is 5.71. The predicted octanol–water partition coefficient (Wildman–Crippen LogP) is 4.92. The minimum absolute atomic E-state index is 0.384. The van der Waals surface area contributed by atoms with Crippen LogP contribution >= 0.6 is 0 Å². The molecule has 5 heteroatoms. The van der Waals surface area contributed by atoms with Gasteiger partial charge in [0.15, 0.2) is 0 Å². The molecule has 1 aliphatic heterocycles. The van der Waals surface area contributed by atoms with E-state index in [9.17, 15) is 0 Å². The van der Waals surface area contributed by atoms with E-state index in [1.807, 2.05) is 52.8 Å². The molecule has 0 amide bonds. The van der Waals surface area contributed by atoms with Crippen molar-refractivity contribution in [3.05, 3.63) is 29.7 Å². The second kappa shape index (κ2) is 10.9. The maximum Gasteiger partial charge on any atom is 0.247 e. The Bertz CT molecular complexity index is 617. The van der Waals surface area contributed by atoms with Crippen LogP contribution in [0.5, 0.6) is 5.75 Å². The molecule has 140 valence electrons. The maximum atomic E-state index is 5.89. The number of hydrogen-bond donors (Lipinski definition) is 0. The number of aromatic nitrogens is 2. The monoisotopic (exact) mass is 347 g/mol. The summed E-state index contributed by atoms with van der Waals surface area (Å²) in [5.41, 5.74) is 2.00. The minimum Gasteiger partial charge on any atom is -0.496 e. The SMILES string of the molecule is CC.CC.COc1cc(-c2nnc(C3CCN(C)CC3)o2)ccc1C. The molecule has 0 bridgehead atoms. The van der Waals surface area contributed by atoms with E-state index < -0.39 is 0 Å². The van der Waals surface area contributed by atoms with Crippen molar-refractivity contribution in [3.8, 4) is 17.2 Å². The number of nitrogens with zero attached hydrogens (tertiary/aromatic N) is 3. The molecule has 0 saturated carbocycles. The first-order valence-electron chi connectivity index (χ1n) is 9.34. The summed E-state index contributed by atoms with van der Waals surface area (Å²) in [7, 11) is 3.82. The fourth-order valence-electron chi connectivity index (χ4n) is 2.72. The molecule has 0 spiro atoms. The fourth-order valence-corrected chi connectivity index (χ4v) is 2.72. The Kier molecular flexibility index (Phi) is 9.21. The average Bonchev–Trinajstić information content (AvgIpc) is 3.16. The molecular formula is C20H33N3O2. The minimum atomic E-state index is 0.384. The Balaban J connectivity index is 0.000000730. The Hall–Kier alpha value is -1.88. The number of benzene rings is 1. The van der Waals surface area contributed by atoms with Crippen LogP contribution in [-0.4, -0.2) is 42.3 Å². The molecule has 2 heterocycles. The summed E-state index contributed by atoms with van der Waals surface area (Å²) >= 11 is 0. The summed E-state index contributed by atoms with van der Waals surface area (Å²) in [5.74, 6) is 2.56. The zero-order valence-corrected chi connectivity index (χ0v) is 16.8. The van der Waals surface area contributed by atoms with E-state index >= 15 is 0 Å². The maximum absolute atomic E-state index is 5.89. The second-order valence-electron chi connectivity index (χ2n) is 5.71. The average molecular weight is 348 g/mol. The number of methoxy groups -OCH3 is 1. The first-order chi connectivity index (χ1) is 12.2. The van der Waals surface area contributed by atoms with Gasteiger partial charge in [-0.2, -0.15) is 0 Å². The van der Waals surface area contributed by atoms with Crippen LogP contribution in [0.1, 0.15) is 57.9 Å². The quantitative estimate of drug-likeness (QED) is 0.789. The van der Waals surface area contributed by atoms with Crippen LogP contribution in [0.4, 0.5) is 0 Å². The van der Waals surface area contributed by atoms with Gasteiger partial charge in [-0.1, -0.05) is 33.8 Å². The van der Waals surface area contributed by atoms with Gasteiger partial charge in [0.2, 0.25) is 11.8 Å². The number of rotatable bonds is 3. The number of hydrogen-bond acceptors (Lipinski definition) is 5. The van der Waals surface area contributed by atoms with Crippen LogP contribution in [0, 0.1) is 6.92 Å². The molecule has 1 fully saturated rings. The third-order valence-electron chi connectivity index (χ3n) is 4.16. The standard InChI is InChI=1S/C16H21N3O2.2C2H6/c1-11-4-5-13(10-14(11)20-3)16-18-17-15(21-16)12-6-8-19(2)9-7-12;2*1-2/h4-5,10,12H,6-9H2,1-3H3;2*1-2H3. The number of likely N-dealkylation sites (tertiary alicyclic amines) is 1. The van der Waals surface area contributed by atoms with E-state index in [0.29, 0.717) is 11.8 Å². The highest BCUT2D eigenvalue weighted by Crippen LogP contribution is 2.30. The van der Waals surface area contributed by atoms with Crippen molar-refractivity contribution >= 4 is 0 Å². The highest BCUT2D eigenvalue weighted by molar-refractivity contribution is 5.57. The molecule has 1 aromatic heterocycles. The lowest BCUT2D eigenvalue weighted by molar-refractivity contribution is 0.237. The van der Waals surface area contributed by atoms with Gasteiger partial charge < -0.3 is 14.1 Å². The van der Waals surface area contributed by atoms with Gasteiger partial charge in [0.1, 0.15) is 5.75 Å². The Morgan fingerprint density at radius 3 is 2.32 bits per heavy atom. The predicted molar refractivity (Wildman–Crippen MR) is 103 cm³/mol. The molecule has 5 nitrogen and oxygen atoms in total. The summed E-state index contributed by atoms with van der Waals surface area (Å²) in [6.07, 6.45) is 2.16. The van der Waals surface area contributed by atoms with Crippen molar-refractivity contribution in [2.75, 3.05) is 27.2 Å². The van der Waals surface area contributed by atoms with Crippen molar-refractivity contribution in [2.24, 2.45) is 0 Å². The van der Waals surface area contributed by atoms with E-state index in [1.165, 1.54) is 0 Å². The smallest absolute Gasteiger partial charge is 0.247 e. The summed E-state index contributed by atoms with van der Waals surface area (Å²) in [5, 5.41) is 8.44. The van der Waals surface area contributed by atoms with Gasteiger partial charge in [-0.15, -0.1) is 10.2 Å². The molecule has 0 unspecified atom stereocenters. The Morgan fingerprint density at radius 2 is 1.72 bits per heavy atom. The summed E-state index contributed by atoms with van der Waals surface area (Å²) in [6, 6.07) is 5.94. The van der Waals surface area contributed by atoms with E-state index in [2.05, 4.69) is 22.1 Å². The summed E-state index contributed by atoms with van der Waals surface area (Å²) < 4.78 is 11.2. The molecular weight excluding hydrogens is 314 g/mol. The van der Waals surface area contributed by atoms with E-state index in [0.717, 1.165) is 48.7 Å². The Morgan fingerprint density at radius 1 is 1.08 bits per heavy atom. The van der Waals surface area contributed by atoms with Crippen LogP contribution in [0.15, 0.2) is 22.6 Å². The van der Waals surface area contributed by atoms with Gasteiger partial charge in [-0.05, 0) is 57.6 Å². The molecule has 1 aliphatic rings. The molecule has 0 aliphatic carbocycles. The van der Waals surface area contributed by atoms with Crippen LogP contribution in [0.25, 0.3) is 11.5 Å². The first-order valence-corrected chi connectivity index (χ1v) is 9.34. The van der Waals surface area contributed by atoms with E-state index in [1.54, 1.807) is 7.11 Å². The molecule has 0 N–H and O–H groups in total. The topological polar surface area (TPSA) is 51.4 Å². The third kappa shape index (κ3) is 5.56. The van der Waals surface area contributed by atoms with Crippen molar-refractivity contribution in [1.82, 2.24) is 15.1 Å². The van der Waals surface area contributed by atoms with Crippen LogP contribution in [0.2, 0.25) is 0 Å². The lowest BCUT2D eigenvalue weighted by Gasteiger charge is -2.26. The largest absolute Gasteiger partial charge is 0.496 e. The van der Waals surface area contributed by atoms with Gasteiger partial charge in [0.05, 0.1) is 7.11 Å². The number of ether oxygens (including phenoxy) is 1. The van der Waals surface area contributed by atoms with Gasteiger partial charge in [0, 0.05) is 11.5 Å². The summed E-state index contributed by atoms with van der Waals surface area (Å²) in [4.78, 5) is 2.33. The van der Waals surface area contributed by atoms with Crippen LogP contribution in [-0.2, 0) is 0 Å². The lowest BCUT2D eigenvalue weighted by Crippen LogP contribution is -2.29. The number of piperidine rings is 1. The molecule has 0 atom stereocenters. The van der Waals surface area contributed by atoms with Crippen molar-refractivity contribution in [1.29, 1.82) is 0 Å². The molecule has 1 aromatic carbocycles. The van der Waals surface area contributed by atoms with Crippen molar-refractivity contribution < 1.29 is 9.15 Å². The van der Waals surface area contributed by atoms with Crippen molar-refractivity contribution in [3.63, 3.8) is 0 Å². The fraction of sp³-hybridized carbons (Fsp3) is 0.600. The molecule has 25 heavy (non-hydrogen) atoms. The highest BCUT2D eigenvalue weighted by atomic mass is 16.5. The Labute approximate surface area is 152 Å². The van der Waals surface area contributed by atoms with Crippen LogP contribution < -0.4 is 4.74 Å². The normalized spacial score (nSPS) is 14.8. The summed E-state index contributed by atoms with van der Waals surface area (Å²) in [6.45, 7) is 12.2. The molecule has 2 aromatic rings. The zero-order valence-electron chi connectivity index (χ0n) is 16.8. The number of aryl methyl sites for hydroxylation is 1. The van der Waals surface area contributed by atoms with Crippen molar-refractivity contribution in [2.45, 2.75) is 53.4 Å². The lowest BCUT2D eigenvalue weighted by atomic mass is 9.97. The van der Waals surface area contributed by atoms with Gasteiger partial charge in [0.25, 0.3) is 0 Å². The van der Waals surface area contributed by atoms with E-state index in [-0.39, 0.29) is 0 Å².